The molecule has 12 heteroatoms. The first-order valence-electron chi connectivity index (χ1n) is 18.4. The number of carbonyl (C=O) groups is 3. The monoisotopic (exact) mass is 682 g/mol. The predicted octanol–water partition coefficient (Wildman–Crippen LogP) is 4.38. The summed E-state index contributed by atoms with van der Waals surface area (Å²) in [7, 11) is 0. The Morgan fingerprint density at radius 3 is 2.55 bits per heavy atom. The van der Waals surface area contributed by atoms with Gasteiger partial charge < -0.3 is 35.8 Å². The number of aliphatic imine (C=N–C) groups is 1. The number of carbonyl (C=O) groups excluding carboxylic acids is 2. The topological polar surface area (TPSA) is 200 Å². The molecule has 1 aliphatic heterocycles. The summed E-state index contributed by atoms with van der Waals surface area (Å²) in [5.41, 5.74) is 11.6. The lowest BCUT2D eigenvalue weighted by atomic mass is 9.44. The molecule has 0 bridgehead atoms. The fraction of sp³-hybridized carbons (Fsp3) is 0.757. The van der Waals surface area contributed by atoms with Gasteiger partial charge in [-0.25, -0.2) is 9.59 Å². The largest absolute Gasteiger partial charge is 0.480 e. The lowest BCUT2D eigenvalue weighted by Crippen LogP contribution is -2.58. The molecule has 0 unspecified atom stereocenters. The number of carboxylic acids is 1. The minimum absolute atomic E-state index is 0.0372. The number of hydrogen-bond acceptors (Lipinski definition) is 8. The maximum atomic E-state index is 12.8. The van der Waals surface area contributed by atoms with E-state index in [9.17, 15) is 24.3 Å². The fourth-order valence-corrected chi connectivity index (χ4v) is 10.8. The zero-order valence-electron chi connectivity index (χ0n) is 29.0. The molecule has 1 spiro atoms. The van der Waals surface area contributed by atoms with Gasteiger partial charge in [0.2, 0.25) is 5.91 Å². The highest BCUT2D eigenvalue weighted by molar-refractivity contribution is 5.83. The van der Waals surface area contributed by atoms with E-state index in [2.05, 4.69) is 24.2 Å². The Hall–Kier alpha value is -3.41. The normalized spacial score (nSPS) is 36.2. The van der Waals surface area contributed by atoms with Gasteiger partial charge in [0, 0.05) is 30.9 Å². The summed E-state index contributed by atoms with van der Waals surface area (Å²) < 4.78 is 18.0. The SMILES string of the molecule is C[C@]12CC[C@H](OC(=O)CCCCCC(=O)N[C@@H](CCCN=C(N)N)C(=O)O)C[C@H]1CC[C@@H]1[C@@H]2CC[C@]2(C)[C@@H](c3ccc(=O)oc3)C[C@H]3O[C@]132. The molecule has 12 nitrogen and oxygen atoms in total. The average molecular weight is 683 g/mol. The number of esters is 1. The van der Waals surface area contributed by atoms with Gasteiger partial charge in [0.15, 0.2) is 5.96 Å². The first kappa shape index (κ1) is 35.4. The lowest BCUT2D eigenvalue weighted by Gasteiger charge is -2.61. The lowest BCUT2D eigenvalue weighted by molar-refractivity contribution is -0.164. The van der Waals surface area contributed by atoms with E-state index < -0.39 is 12.0 Å². The Bertz CT molecular complexity index is 1470. The molecule has 4 saturated carbocycles. The van der Waals surface area contributed by atoms with Crippen LogP contribution in [0.15, 0.2) is 32.6 Å². The maximum Gasteiger partial charge on any atom is 0.335 e. The van der Waals surface area contributed by atoms with Crippen molar-refractivity contribution < 1.29 is 33.4 Å². The van der Waals surface area contributed by atoms with Crippen molar-refractivity contribution in [2.75, 3.05) is 6.54 Å². The maximum absolute atomic E-state index is 12.8. The van der Waals surface area contributed by atoms with Gasteiger partial charge in [0.05, 0.1) is 12.4 Å². The Kier molecular flexibility index (Phi) is 10.2. The van der Waals surface area contributed by atoms with Crippen LogP contribution in [0.25, 0.3) is 0 Å². The van der Waals surface area contributed by atoms with E-state index in [0.29, 0.717) is 62.3 Å². The second-order valence-electron chi connectivity index (χ2n) is 15.9. The van der Waals surface area contributed by atoms with E-state index in [4.69, 9.17) is 25.4 Å². The Balaban J connectivity index is 0.928. The summed E-state index contributed by atoms with van der Waals surface area (Å²) in [6, 6.07) is 2.51. The van der Waals surface area contributed by atoms with E-state index in [1.54, 1.807) is 12.3 Å². The van der Waals surface area contributed by atoms with Gasteiger partial charge in [-0.1, -0.05) is 20.3 Å². The Labute approximate surface area is 288 Å². The Morgan fingerprint density at radius 1 is 1.02 bits per heavy atom. The van der Waals surface area contributed by atoms with Crippen molar-refractivity contribution in [3.05, 3.63) is 34.4 Å². The summed E-state index contributed by atoms with van der Waals surface area (Å²) in [5.74, 6) is 0.371. The molecule has 5 fully saturated rings. The number of hydrogen-bond donors (Lipinski definition) is 4. The molecular weight excluding hydrogens is 628 g/mol. The third kappa shape index (κ3) is 6.86. The number of nitrogens with zero attached hydrogens (tertiary/aromatic N) is 1. The van der Waals surface area contributed by atoms with Crippen LogP contribution in [0, 0.1) is 28.6 Å². The molecule has 10 atom stereocenters. The highest BCUT2D eigenvalue weighted by Gasteiger charge is 2.80. The first-order valence-corrected chi connectivity index (χ1v) is 18.4. The third-order valence-electron chi connectivity index (χ3n) is 13.3. The molecule has 1 saturated heterocycles. The fourth-order valence-electron chi connectivity index (χ4n) is 10.8. The van der Waals surface area contributed by atoms with Crippen LogP contribution in [0.4, 0.5) is 0 Å². The van der Waals surface area contributed by atoms with Gasteiger partial charge in [-0.15, -0.1) is 0 Å². The van der Waals surface area contributed by atoms with Crippen molar-refractivity contribution in [2.45, 2.75) is 140 Å². The molecule has 1 aromatic rings. The van der Waals surface area contributed by atoms with Crippen molar-refractivity contribution in [3.8, 4) is 0 Å². The molecule has 49 heavy (non-hydrogen) atoms. The van der Waals surface area contributed by atoms with Gasteiger partial charge >= 0.3 is 17.6 Å². The molecular formula is C37H54N4O8. The van der Waals surface area contributed by atoms with Gasteiger partial charge in [0.25, 0.3) is 0 Å². The van der Waals surface area contributed by atoms with Gasteiger partial charge in [0.1, 0.15) is 17.7 Å². The van der Waals surface area contributed by atoms with Crippen molar-refractivity contribution in [1.82, 2.24) is 5.32 Å². The zero-order chi connectivity index (χ0) is 35.0. The molecule has 0 aromatic carbocycles. The zero-order valence-corrected chi connectivity index (χ0v) is 29.0. The number of carboxylic acid groups (broad SMARTS) is 1. The first-order chi connectivity index (χ1) is 23.4. The molecule has 1 aromatic heterocycles. The Morgan fingerprint density at radius 2 is 1.82 bits per heavy atom. The van der Waals surface area contributed by atoms with E-state index in [0.717, 1.165) is 50.5 Å². The minimum atomic E-state index is -1.09. The molecule has 6 N–H and O–H groups in total. The summed E-state index contributed by atoms with van der Waals surface area (Å²) in [5, 5.41) is 12.0. The van der Waals surface area contributed by atoms with Crippen LogP contribution < -0.4 is 22.4 Å². The van der Waals surface area contributed by atoms with Crippen LogP contribution >= 0.6 is 0 Å². The second-order valence-corrected chi connectivity index (χ2v) is 15.9. The third-order valence-corrected chi connectivity index (χ3v) is 13.3. The number of nitrogens with two attached hydrogens (primary N) is 2. The smallest absolute Gasteiger partial charge is 0.335 e. The number of guanidine groups is 1. The summed E-state index contributed by atoms with van der Waals surface area (Å²) in [4.78, 5) is 52.1. The van der Waals surface area contributed by atoms with Crippen molar-refractivity contribution in [2.24, 2.45) is 45.0 Å². The number of nitrogens with one attached hydrogen (secondary N) is 1. The number of unbranched alkanes of at least 4 members (excludes halogenated alkanes) is 2. The molecule has 2 heterocycles. The number of fused-ring (bicyclic) bond motifs is 3. The summed E-state index contributed by atoms with van der Waals surface area (Å²) in [6.45, 7) is 5.21. The number of epoxide rings is 1. The number of rotatable bonds is 14. The van der Waals surface area contributed by atoms with E-state index in [-0.39, 0.29) is 64.9 Å². The van der Waals surface area contributed by atoms with Gasteiger partial charge in [-0.05, 0) is 118 Å². The van der Waals surface area contributed by atoms with Gasteiger partial charge in [-0.3, -0.25) is 14.6 Å². The molecule has 1 amide bonds. The van der Waals surface area contributed by atoms with Crippen LogP contribution in [0.5, 0.6) is 0 Å². The molecule has 6 rings (SSSR count). The quantitative estimate of drug-likeness (QED) is 0.0718. The van der Waals surface area contributed by atoms with Crippen molar-refractivity contribution in [1.29, 1.82) is 0 Å². The second kappa shape index (κ2) is 14.1. The van der Waals surface area contributed by atoms with Gasteiger partial charge in [-0.2, -0.15) is 0 Å². The van der Waals surface area contributed by atoms with Crippen LogP contribution in [0.1, 0.15) is 122 Å². The standard InChI is InChI=1S/C37H54N4O8/c1-35-16-14-24(48-32(44)9-5-3-4-8-30(42)41-28(33(45)46)7-6-18-40-34(38)39)19-23(35)11-12-26-25(35)15-17-36(2)27(20-29-37(26,36)49-29)22-10-13-31(43)47-21-22/h10,13,21,23-29H,3-9,11-12,14-20H2,1-2H3,(H,41,42)(H,45,46)(H4,38,39,40)/t23-,24+,25+,26-,27-,28+,29-,35+,36-,37-/m1/s1. The summed E-state index contributed by atoms with van der Waals surface area (Å²) in [6.07, 6.45) is 13.4. The van der Waals surface area contributed by atoms with E-state index >= 15 is 0 Å². The highest BCUT2D eigenvalue weighted by atomic mass is 16.6. The highest BCUT2D eigenvalue weighted by Crippen LogP contribution is 2.78. The number of amides is 1. The van der Waals surface area contributed by atoms with Crippen LogP contribution in [-0.4, -0.2) is 59.3 Å². The van der Waals surface area contributed by atoms with Crippen LogP contribution in [0.3, 0.4) is 0 Å². The predicted molar refractivity (Wildman–Crippen MR) is 181 cm³/mol. The van der Waals surface area contributed by atoms with Crippen LogP contribution in [-0.2, 0) is 23.9 Å². The van der Waals surface area contributed by atoms with Crippen molar-refractivity contribution in [3.63, 3.8) is 0 Å². The molecule has 4 aliphatic carbocycles. The number of ether oxygens (including phenoxy) is 2. The molecule has 270 valence electrons. The summed E-state index contributed by atoms with van der Waals surface area (Å²) >= 11 is 0. The van der Waals surface area contributed by atoms with E-state index in [1.807, 2.05) is 6.07 Å². The van der Waals surface area contributed by atoms with E-state index in [1.165, 1.54) is 6.42 Å². The number of aliphatic carboxylic acids is 1. The minimum Gasteiger partial charge on any atom is -0.480 e. The average Bonchev–Trinajstić information content (AvgIpc) is 3.72. The van der Waals surface area contributed by atoms with Crippen molar-refractivity contribution >= 4 is 23.8 Å². The molecule has 5 aliphatic rings. The van der Waals surface area contributed by atoms with Crippen LogP contribution in [0.2, 0.25) is 0 Å². The molecule has 0 radical (unpaired) electrons.